The third-order valence-corrected chi connectivity index (χ3v) is 5.58. The van der Waals surface area contributed by atoms with Crippen molar-refractivity contribution in [3.05, 3.63) is 52.8 Å². The zero-order chi connectivity index (χ0) is 20.3. The van der Waals surface area contributed by atoms with Crippen molar-refractivity contribution in [2.75, 3.05) is 11.4 Å². The molecule has 0 atom stereocenters. The Balaban J connectivity index is 1.55. The first-order valence-electron chi connectivity index (χ1n) is 9.85. The van der Waals surface area contributed by atoms with Gasteiger partial charge < -0.3 is 4.90 Å². The highest BCUT2D eigenvalue weighted by Crippen LogP contribution is 2.30. The molecule has 0 saturated carbocycles. The van der Waals surface area contributed by atoms with Crippen LogP contribution in [0.15, 0.2) is 24.8 Å². The van der Waals surface area contributed by atoms with Gasteiger partial charge in [0.1, 0.15) is 7.67 Å². The van der Waals surface area contributed by atoms with Gasteiger partial charge in [-0.2, -0.15) is 9.61 Å². The summed E-state index contributed by atoms with van der Waals surface area (Å²) in [7, 11) is 1.93. The van der Waals surface area contributed by atoms with Crippen LogP contribution in [0.25, 0.3) is 16.8 Å². The molecule has 0 N–H and O–H groups in total. The van der Waals surface area contributed by atoms with Gasteiger partial charge in [-0.05, 0) is 32.4 Å². The van der Waals surface area contributed by atoms with E-state index >= 15 is 0 Å². The van der Waals surface area contributed by atoms with Gasteiger partial charge in [-0.15, -0.1) is 15.3 Å². The molecule has 0 bridgehead atoms. The Bertz CT molecular complexity index is 1260. The van der Waals surface area contributed by atoms with Crippen LogP contribution in [0.2, 0.25) is 0 Å². The number of fused-ring (bicyclic) bond motifs is 2. The van der Waals surface area contributed by atoms with E-state index in [1.54, 1.807) is 0 Å². The molecule has 5 rings (SSSR count). The molecule has 1 aliphatic rings. The maximum atomic E-state index is 7.97. The maximum Gasteiger partial charge on any atom is 0.180 e. The molecule has 8 nitrogen and oxygen atoms in total. The molecule has 8 heteroatoms. The topological polar surface area (TPSA) is 77.0 Å². The molecular weight excluding hydrogens is 352 g/mol. The Morgan fingerprint density at radius 2 is 2.00 bits per heavy atom. The van der Waals surface area contributed by atoms with Gasteiger partial charge in [0, 0.05) is 66.9 Å². The van der Waals surface area contributed by atoms with Crippen LogP contribution in [-0.2, 0) is 20.0 Å². The summed E-state index contributed by atoms with van der Waals surface area (Å²) in [6.45, 7) is 7.64. The van der Waals surface area contributed by atoms with E-state index in [9.17, 15) is 0 Å². The number of aryl methyl sites for hydroxylation is 3. The lowest BCUT2D eigenvalue weighted by atomic mass is 10.00. The molecular formula is C20H22N8. The number of aromatic nitrogens is 7. The highest BCUT2D eigenvalue weighted by molar-refractivity contribution is 5.66. The van der Waals surface area contributed by atoms with E-state index in [1.165, 1.54) is 10.1 Å². The Labute approximate surface area is 164 Å². The number of rotatable bonds is 2. The zero-order valence-electron chi connectivity index (χ0n) is 17.4. The van der Waals surface area contributed by atoms with Gasteiger partial charge in [-0.3, -0.25) is 9.67 Å². The number of anilines is 1. The predicted octanol–water partition coefficient (Wildman–Crippen LogP) is 2.41. The lowest BCUT2D eigenvalue weighted by molar-refractivity contribution is 0.688. The number of pyridine rings is 1. The quantitative estimate of drug-likeness (QED) is 0.535. The van der Waals surface area contributed by atoms with Crippen LogP contribution in [0, 0.1) is 20.8 Å². The fraction of sp³-hybridized carbons (Fsp3) is 0.350. The van der Waals surface area contributed by atoms with E-state index in [4.69, 9.17) is 6.35 Å². The van der Waals surface area contributed by atoms with Crippen molar-refractivity contribution in [1.29, 1.82) is 0 Å². The largest absolute Gasteiger partial charge is 0.350 e. The Morgan fingerprint density at radius 3 is 2.79 bits per heavy atom. The molecule has 0 unspecified atom stereocenters. The van der Waals surface area contributed by atoms with Crippen molar-refractivity contribution in [2.45, 2.75) is 33.7 Å². The van der Waals surface area contributed by atoms with Crippen molar-refractivity contribution < 1.29 is 1.37 Å². The number of nitrogens with zero attached hydrogens (tertiary/aromatic N) is 8. The van der Waals surface area contributed by atoms with Crippen molar-refractivity contribution in [1.82, 2.24) is 34.6 Å². The minimum Gasteiger partial charge on any atom is -0.350 e. The van der Waals surface area contributed by atoms with Crippen LogP contribution in [-0.4, -0.2) is 41.1 Å². The molecule has 0 spiro atoms. The number of hydrogen-bond acceptors (Lipinski definition) is 6. The molecule has 4 aromatic rings. The smallest absolute Gasteiger partial charge is 0.180 e. The van der Waals surface area contributed by atoms with Crippen LogP contribution in [0.3, 0.4) is 0 Å². The summed E-state index contributed by atoms with van der Waals surface area (Å²) >= 11 is 0. The minimum absolute atomic E-state index is 0.0535. The molecule has 0 amide bonds. The second kappa shape index (κ2) is 6.12. The first-order chi connectivity index (χ1) is 13.9. The van der Waals surface area contributed by atoms with E-state index in [2.05, 4.69) is 38.3 Å². The maximum absolute atomic E-state index is 7.97. The fourth-order valence-electron chi connectivity index (χ4n) is 3.95. The molecule has 0 aliphatic carbocycles. The minimum atomic E-state index is 0.0535. The van der Waals surface area contributed by atoms with Crippen molar-refractivity contribution in [2.24, 2.45) is 7.05 Å². The molecule has 142 valence electrons. The lowest BCUT2D eigenvalue weighted by Crippen LogP contribution is -2.32. The Morgan fingerprint density at radius 1 is 1.14 bits per heavy atom. The molecule has 0 saturated heterocycles. The van der Waals surface area contributed by atoms with Gasteiger partial charge in [-0.25, -0.2) is 0 Å². The average Bonchev–Trinajstić information content (AvgIpc) is 3.25. The molecule has 4 aromatic heterocycles. The van der Waals surface area contributed by atoms with Crippen molar-refractivity contribution >= 4 is 11.5 Å². The van der Waals surface area contributed by atoms with Crippen LogP contribution >= 0.6 is 0 Å². The molecule has 5 heterocycles. The SMILES string of the molecule is [2H]c1nnc2c(C)c(C)c(N3CCc4ncc(-c5cn(C)nc5C)cc4C3)nn12. The summed E-state index contributed by atoms with van der Waals surface area (Å²) in [5.74, 6) is 0.872. The van der Waals surface area contributed by atoms with E-state index < -0.39 is 0 Å². The first kappa shape index (κ1) is 15.7. The van der Waals surface area contributed by atoms with Gasteiger partial charge in [0.25, 0.3) is 0 Å². The standard InChI is InChI=1S/C20H22N8/c1-12-13(2)20(25-28-11-22-23-19(12)28)27-6-5-18-16(9-27)7-15(8-21-18)17-10-26(4)24-14(17)3/h7-8,10-11H,5-6,9H2,1-4H3/i11D. The lowest BCUT2D eigenvalue weighted by Gasteiger charge is -2.30. The zero-order valence-corrected chi connectivity index (χ0v) is 16.4. The van der Waals surface area contributed by atoms with Gasteiger partial charge in [0.05, 0.1) is 5.69 Å². The second-order valence-corrected chi connectivity index (χ2v) is 7.41. The van der Waals surface area contributed by atoms with E-state index in [-0.39, 0.29) is 6.30 Å². The normalized spacial score (nSPS) is 14.4. The summed E-state index contributed by atoms with van der Waals surface area (Å²) in [6.07, 6.45) is 4.89. The summed E-state index contributed by atoms with van der Waals surface area (Å²) in [5.41, 5.74) is 8.24. The van der Waals surface area contributed by atoms with E-state index in [0.29, 0.717) is 5.65 Å². The fourth-order valence-corrected chi connectivity index (χ4v) is 3.95. The highest BCUT2D eigenvalue weighted by atomic mass is 15.4. The van der Waals surface area contributed by atoms with Crippen molar-refractivity contribution in [3.8, 4) is 11.1 Å². The molecule has 0 radical (unpaired) electrons. The summed E-state index contributed by atoms with van der Waals surface area (Å²) < 4.78 is 11.3. The van der Waals surface area contributed by atoms with Gasteiger partial charge >= 0.3 is 0 Å². The van der Waals surface area contributed by atoms with Gasteiger partial charge in [-0.1, -0.05) is 0 Å². The molecule has 0 fully saturated rings. The summed E-state index contributed by atoms with van der Waals surface area (Å²) in [5, 5.41) is 17.1. The van der Waals surface area contributed by atoms with Crippen LogP contribution in [0.1, 0.15) is 29.4 Å². The first-order valence-corrected chi connectivity index (χ1v) is 9.35. The third kappa shape index (κ3) is 2.56. The Hall–Kier alpha value is -3.29. The average molecular weight is 375 g/mol. The van der Waals surface area contributed by atoms with Crippen LogP contribution in [0.5, 0.6) is 0 Å². The van der Waals surface area contributed by atoms with E-state index in [0.717, 1.165) is 59.0 Å². The second-order valence-electron chi connectivity index (χ2n) is 7.41. The monoisotopic (exact) mass is 375 g/mol. The Kier molecular flexibility index (Phi) is 3.44. The highest BCUT2D eigenvalue weighted by Gasteiger charge is 2.23. The summed E-state index contributed by atoms with van der Waals surface area (Å²) in [6, 6.07) is 2.22. The molecule has 1 aliphatic heterocycles. The number of hydrogen-bond donors (Lipinski definition) is 0. The predicted molar refractivity (Wildman–Crippen MR) is 106 cm³/mol. The van der Waals surface area contributed by atoms with Gasteiger partial charge in [0.15, 0.2) is 11.5 Å². The van der Waals surface area contributed by atoms with Crippen LogP contribution in [0.4, 0.5) is 5.82 Å². The van der Waals surface area contributed by atoms with E-state index in [1.807, 2.05) is 38.0 Å². The molecule has 28 heavy (non-hydrogen) atoms. The summed E-state index contributed by atoms with van der Waals surface area (Å²) in [4.78, 5) is 6.99. The van der Waals surface area contributed by atoms with Gasteiger partial charge in [0.2, 0.25) is 0 Å². The third-order valence-electron chi connectivity index (χ3n) is 5.58. The van der Waals surface area contributed by atoms with Crippen molar-refractivity contribution in [3.63, 3.8) is 0 Å². The van der Waals surface area contributed by atoms with Crippen LogP contribution < -0.4 is 4.90 Å². The molecule has 0 aromatic carbocycles.